The van der Waals surface area contributed by atoms with Crippen LogP contribution < -0.4 is 4.74 Å². The van der Waals surface area contributed by atoms with Crippen molar-refractivity contribution in [2.45, 2.75) is 19.9 Å². The Morgan fingerprint density at radius 2 is 1.68 bits per heavy atom. The van der Waals surface area contributed by atoms with Crippen LogP contribution in [0.4, 0.5) is 0 Å². The van der Waals surface area contributed by atoms with E-state index in [9.17, 15) is 9.59 Å². The first-order valence-electron chi connectivity index (χ1n) is 8.15. The lowest BCUT2D eigenvalue weighted by atomic mass is 10.0. The van der Waals surface area contributed by atoms with Crippen LogP contribution in [-0.2, 0) is 4.74 Å². The predicted molar refractivity (Wildman–Crippen MR) is 95.9 cm³/mol. The number of nitrogens with zero attached hydrogens (tertiary/aromatic N) is 1. The first kappa shape index (κ1) is 18.5. The molecule has 2 aromatic carbocycles. The van der Waals surface area contributed by atoms with E-state index in [2.05, 4.69) is 4.74 Å². The number of ether oxygens (including phenoxy) is 2. The summed E-state index contributed by atoms with van der Waals surface area (Å²) in [6, 6.07) is 14.1. The first-order valence-corrected chi connectivity index (χ1v) is 8.15. The zero-order valence-corrected chi connectivity index (χ0v) is 15.0. The number of methoxy groups -OCH3 is 2. The van der Waals surface area contributed by atoms with E-state index in [1.807, 2.05) is 38.1 Å². The molecule has 0 spiro atoms. The molecule has 25 heavy (non-hydrogen) atoms. The summed E-state index contributed by atoms with van der Waals surface area (Å²) < 4.78 is 9.94. The van der Waals surface area contributed by atoms with Gasteiger partial charge in [0.05, 0.1) is 25.8 Å². The standard InChI is InChI=1S/C20H23NO4/c1-5-21(14(2)17-7-6-8-18(13-17)24-3)19(22)15-9-11-16(12-10-15)20(23)25-4/h6-14H,5H2,1-4H3. The van der Waals surface area contributed by atoms with Gasteiger partial charge in [-0.2, -0.15) is 0 Å². The van der Waals surface area contributed by atoms with Gasteiger partial charge in [0.2, 0.25) is 0 Å². The number of rotatable bonds is 6. The monoisotopic (exact) mass is 341 g/mol. The molecule has 0 heterocycles. The van der Waals surface area contributed by atoms with Crippen LogP contribution in [0.25, 0.3) is 0 Å². The van der Waals surface area contributed by atoms with Crippen LogP contribution in [0, 0.1) is 0 Å². The lowest BCUT2D eigenvalue weighted by molar-refractivity contribution is 0.0599. The van der Waals surface area contributed by atoms with Crippen LogP contribution in [0.5, 0.6) is 5.75 Å². The number of carbonyl (C=O) groups excluding carboxylic acids is 2. The quantitative estimate of drug-likeness (QED) is 0.752. The summed E-state index contributed by atoms with van der Waals surface area (Å²) in [5.41, 5.74) is 1.95. The van der Waals surface area contributed by atoms with E-state index in [4.69, 9.17) is 4.74 Å². The van der Waals surface area contributed by atoms with Crippen molar-refractivity contribution in [2.75, 3.05) is 20.8 Å². The molecule has 0 aliphatic carbocycles. The van der Waals surface area contributed by atoms with Crippen molar-refractivity contribution < 1.29 is 19.1 Å². The highest BCUT2D eigenvalue weighted by molar-refractivity contribution is 5.96. The molecular formula is C20H23NO4. The number of amides is 1. The zero-order valence-electron chi connectivity index (χ0n) is 15.0. The van der Waals surface area contributed by atoms with Crippen molar-refractivity contribution in [1.29, 1.82) is 0 Å². The van der Waals surface area contributed by atoms with E-state index in [0.29, 0.717) is 17.7 Å². The van der Waals surface area contributed by atoms with Crippen molar-refractivity contribution >= 4 is 11.9 Å². The minimum atomic E-state index is -0.420. The van der Waals surface area contributed by atoms with E-state index in [1.54, 1.807) is 36.3 Å². The Morgan fingerprint density at radius 1 is 1.04 bits per heavy atom. The van der Waals surface area contributed by atoms with E-state index in [-0.39, 0.29) is 11.9 Å². The number of carbonyl (C=O) groups is 2. The van der Waals surface area contributed by atoms with Crippen LogP contribution in [0.15, 0.2) is 48.5 Å². The van der Waals surface area contributed by atoms with Crippen molar-refractivity contribution in [1.82, 2.24) is 4.90 Å². The first-order chi connectivity index (χ1) is 12.0. The van der Waals surface area contributed by atoms with Crippen LogP contribution in [0.2, 0.25) is 0 Å². The summed E-state index contributed by atoms with van der Waals surface area (Å²) in [4.78, 5) is 26.2. The summed E-state index contributed by atoms with van der Waals surface area (Å²) in [7, 11) is 2.95. The molecule has 2 aromatic rings. The normalized spacial score (nSPS) is 11.5. The Balaban J connectivity index is 2.23. The fourth-order valence-electron chi connectivity index (χ4n) is 2.71. The highest BCUT2D eigenvalue weighted by Crippen LogP contribution is 2.25. The Bertz CT molecular complexity index is 740. The molecule has 1 atom stereocenters. The minimum absolute atomic E-state index is 0.0887. The molecule has 0 fully saturated rings. The Labute approximate surface area is 148 Å². The van der Waals surface area contributed by atoms with Gasteiger partial charge in [0.25, 0.3) is 5.91 Å². The molecule has 1 amide bonds. The van der Waals surface area contributed by atoms with Gasteiger partial charge in [0, 0.05) is 12.1 Å². The van der Waals surface area contributed by atoms with Gasteiger partial charge in [0.15, 0.2) is 0 Å². The highest BCUT2D eigenvalue weighted by Gasteiger charge is 2.22. The van der Waals surface area contributed by atoms with Gasteiger partial charge in [-0.3, -0.25) is 4.79 Å². The molecular weight excluding hydrogens is 318 g/mol. The fourth-order valence-corrected chi connectivity index (χ4v) is 2.71. The van der Waals surface area contributed by atoms with Gasteiger partial charge in [0.1, 0.15) is 5.75 Å². The molecule has 0 N–H and O–H groups in total. The topological polar surface area (TPSA) is 55.8 Å². The highest BCUT2D eigenvalue weighted by atomic mass is 16.5. The third-order valence-corrected chi connectivity index (χ3v) is 4.20. The number of hydrogen-bond acceptors (Lipinski definition) is 4. The van der Waals surface area contributed by atoms with Crippen LogP contribution >= 0.6 is 0 Å². The molecule has 2 rings (SSSR count). The second kappa shape index (κ2) is 8.33. The van der Waals surface area contributed by atoms with Gasteiger partial charge in [-0.05, 0) is 55.8 Å². The third-order valence-electron chi connectivity index (χ3n) is 4.20. The van der Waals surface area contributed by atoms with E-state index in [1.165, 1.54) is 7.11 Å². The van der Waals surface area contributed by atoms with Crippen molar-refractivity contribution in [3.63, 3.8) is 0 Å². The lowest BCUT2D eigenvalue weighted by Gasteiger charge is -2.29. The summed E-state index contributed by atoms with van der Waals surface area (Å²) in [5.74, 6) is 0.251. The maximum atomic E-state index is 12.9. The zero-order chi connectivity index (χ0) is 18.4. The average molecular weight is 341 g/mol. The molecule has 132 valence electrons. The Morgan fingerprint density at radius 3 is 2.24 bits per heavy atom. The van der Waals surface area contributed by atoms with Crippen molar-refractivity contribution in [3.05, 3.63) is 65.2 Å². The van der Waals surface area contributed by atoms with Gasteiger partial charge in [-0.15, -0.1) is 0 Å². The van der Waals surface area contributed by atoms with Crippen LogP contribution in [0.3, 0.4) is 0 Å². The summed E-state index contributed by atoms with van der Waals surface area (Å²) >= 11 is 0. The largest absolute Gasteiger partial charge is 0.497 e. The van der Waals surface area contributed by atoms with Crippen LogP contribution in [-0.4, -0.2) is 37.5 Å². The second-order valence-electron chi connectivity index (χ2n) is 5.61. The molecule has 0 aliphatic heterocycles. The van der Waals surface area contributed by atoms with E-state index >= 15 is 0 Å². The minimum Gasteiger partial charge on any atom is -0.497 e. The van der Waals surface area contributed by atoms with Crippen molar-refractivity contribution in [2.24, 2.45) is 0 Å². The molecule has 0 bridgehead atoms. The molecule has 0 aromatic heterocycles. The third kappa shape index (κ3) is 4.18. The molecule has 0 radical (unpaired) electrons. The molecule has 0 saturated heterocycles. The summed E-state index contributed by atoms with van der Waals surface area (Å²) in [6.07, 6.45) is 0. The SMILES string of the molecule is CCN(C(=O)c1ccc(C(=O)OC)cc1)C(C)c1cccc(OC)c1. The molecule has 0 aliphatic rings. The molecule has 0 saturated carbocycles. The van der Waals surface area contributed by atoms with E-state index < -0.39 is 5.97 Å². The molecule has 5 heteroatoms. The second-order valence-corrected chi connectivity index (χ2v) is 5.61. The predicted octanol–water partition coefficient (Wildman–Crippen LogP) is 3.71. The number of benzene rings is 2. The molecule has 1 unspecified atom stereocenters. The van der Waals surface area contributed by atoms with Crippen LogP contribution in [0.1, 0.15) is 46.2 Å². The maximum absolute atomic E-state index is 12.9. The fraction of sp³-hybridized carbons (Fsp3) is 0.300. The Hall–Kier alpha value is -2.82. The lowest BCUT2D eigenvalue weighted by Crippen LogP contribution is -2.33. The average Bonchev–Trinajstić information content (AvgIpc) is 2.67. The molecule has 5 nitrogen and oxygen atoms in total. The van der Waals surface area contributed by atoms with Gasteiger partial charge >= 0.3 is 5.97 Å². The van der Waals surface area contributed by atoms with Gasteiger partial charge in [-0.1, -0.05) is 12.1 Å². The smallest absolute Gasteiger partial charge is 0.337 e. The summed E-state index contributed by atoms with van der Waals surface area (Å²) in [5, 5.41) is 0. The van der Waals surface area contributed by atoms with Gasteiger partial charge < -0.3 is 14.4 Å². The summed E-state index contributed by atoms with van der Waals surface area (Å²) in [6.45, 7) is 4.49. The maximum Gasteiger partial charge on any atom is 0.337 e. The van der Waals surface area contributed by atoms with Crippen molar-refractivity contribution in [3.8, 4) is 5.75 Å². The number of esters is 1. The number of hydrogen-bond donors (Lipinski definition) is 0. The Kier molecular flexibility index (Phi) is 6.17. The van der Waals surface area contributed by atoms with E-state index in [0.717, 1.165) is 11.3 Å². The van der Waals surface area contributed by atoms with Gasteiger partial charge in [-0.25, -0.2) is 4.79 Å².